The molecule has 2 saturated heterocycles. The maximum atomic E-state index is 14.7. The lowest BCUT2D eigenvalue weighted by Crippen LogP contribution is -2.51. The Balaban J connectivity index is 1.92. The van der Waals surface area contributed by atoms with Gasteiger partial charge in [-0.1, -0.05) is 91.8 Å². The molecule has 2 aromatic rings. The molecular formula is C38H56N2O5. The van der Waals surface area contributed by atoms with Crippen molar-refractivity contribution in [1.82, 2.24) is 10.2 Å². The summed E-state index contributed by atoms with van der Waals surface area (Å²) < 4.78 is 17.7. The average molecular weight is 621 g/mol. The molecule has 0 bridgehead atoms. The van der Waals surface area contributed by atoms with E-state index in [1.54, 1.807) is 7.11 Å². The lowest BCUT2D eigenvalue weighted by atomic mass is 9.72. The van der Waals surface area contributed by atoms with Crippen LogP contribution in [0.1, 0.15) is 116 Å². The van der Waals surface area contributed by atoms with Crippen molar-refractivity contribution in [2.75, 3.05) is 20.3 Å². The number of nitrogens with one attached hydrogen (secondary N) is 1. The van der Waals surface area contributed by atoms with E-state index in [0.717, 1.165) is 29.7 Å². The Bertz CT molecular complexity index is 1320. The molecule has 1 amide bonds. The van der Waals surface area contributed by atoms with Gasteiger partial charge < -0.3 is 24.4 Å². The maximum Gasteiger partial charge on any atom is 0.329 e. The predicted molar refractivity (Wildman–Crippen MR) is 179 cm³/mol. The van der Waals surface area contributed by atoms with Crippen molar-refractivity contribution in [3.05, 3.63) is 64.7 Å². The highest BCUT2D eigenvalue weighted by molar-refractivity contribution is 5.89. The number of hydrogen-bond donors (Lipinski definition) is 1. The zero-order chi connectivity index (χ0) is 33.1. The second kappa shape index (κ2) is 14.3. The van der Waals surface area contributed by atoms with E-state index in [-0.39, 0.29) is 47.2 Å². The summed E-state index contributed by atoms with van der Waals surface area (Å²) in [5, 5.41) is 3.91. The predicted octanol–water partition coefficient (Wildman–Crippen LogP) is 7.32. The molecule has 0 spiro atoms. The van der Waals surface area contributed by atoms with E-state index >= 15 is 0 Å². The van der Waals surface area contributed by atoms with E-state index in [1.165, 1.54) is 11.1 Å². The van der Waals surface area contributed by atoms with Crippen LogP contribution in [-0.2, 0) is 31.0 Å². The summed E-state index contributed by atoms with van der Waals surface area (Å²) in [6.07, 6.45) is 1.94. The number of carbonyl (C=O) groups is 2. The van der Waals surface area contributed by atoms with Gasteiger partial charge in [0.25, 0.3) is 5.91 Å². The molecule has 0 aliphatic carbocycles. The molecule has 0 saturated carbocycles. The van der Waals surface area contributed by atoms with Crippen LogP contribution in [-0.4, -0.2) is 55.3 Å². The van der Waals surface area contributed by atoms with Crippen LogP contribution >= 0.6 is 0 Å². The first-order chi connectivity index (χ1) is 21.2. The highest BCUT2D eigenvalue weighted by Gasteiger charge is 2.59. The second-order valence-electron chi connectivity index (χ2n) is 15.1. The molecule has 7 heteroatoms. The Labute approximate surface area is 271 Å². The lowest BCUT2D eigenvalue weighted by Gasteiger charge is -2.36. The highest BCUT2D eigenvalue weighted by Crippen LogP contribution is 2.50. The molecule has 2 aromatic carbocycles. The van der Waals surface area contributed by atoms with Crippen LogP contribution in [0.4, 0.5) is 0 Å². The van der Waals surface area contributed by atoms with Crippen LogP contribution < -0.4 is 10.1 Å². The fourth-order valence-corrected chi connectivity index (χ4v) is 7.29. The van der Waals surface area contributed by atoms with E-state index < -0.39 is 18.2 Å². The van der Waals surface area contributed by atoms with Crippen LogP contribution in [0.15, 0.2) is 42.5 Å². The van der Waals surface area contributed by atoms with Crippen molar-refractivity contribution in [3.8, 4) is 5.75 Å². The van der Waals surface area contributed by atoms with Crippen LogP contribution in [0, 0.1) is 11.3 Å². The largest absolute Gasteiger partial charge is 0.496 e. The Morgan fingerprint density at radius 2 is 1.76 bits per heavy atom. The average Bonchev–Trinajstić information content (AvgIpc) is 3.35. The van der Waals surface area contributed by atoms with Crippen molar-refractivity contribution in [1.29, 1.82) is 0 Å². The molecule has 2 aliphatic rings. The van der Waals surface area contributed by atoms with Crippen molar-refractivity contribution < 1.29 is 23.8 Å². The summed E-state index contributed by atoms with van der Waals surface area (Å²) in [5.74, 6) is 0.312. The minimum absolute atomic E-state index is 0.0285. The van der Waals surface area contributed by atoms with E-state index in [1.807, 2.05) is 24.0 Å². The third kappa shape index (κ3) is 7.57. The zero-order valence-electron chi connectivity index (χ0n) is 29.2. The molecule has 45 heavy (non-hydrogen) atoms. The summed E-state index contributed by atoms with van der Waals surface area (Å²) >= 11 is 0. The molecule has 248 valence electrons. The van der Waals surface area contributed by atoms with Gasteiger partial charge in [0.2, 0.25) is 0 Å². The van der Waals surface area contributed by atoms with E-state index in [9.17, 15) is 9.59 Å². The van der Waals surface area contributed by atoms with E-state index in [0.29, 0.717) is 19.6 Å². The lowest BCUT2D eigenvalue weighted by molar-refractivity contribution is -0.162. The highest BCUT2D eigenvalue weighted by atomic mass is 16.5. The molecule has 5 atom stereocenters. The Kier molecular flexibility index (Phi) is 11.1. The number of hydrogen-bond acceptors (Lipinski definition) is 6. The van der Waals surface area contributed by atoms with Gasteiger partial charge in [-0.3, -0.25) is 4.79 Å². The Morgan fingerprint density at radius 1 is 1.04 bits per heavy atom. The first-order valence-electron chi connectivity index (χ1n) is 16.8. The number of amides is 1. The fourth-order valence-electron chi connectivity index (χ4n) is 7.29. The topological polar surface area (TPSA) is 77.1 Å². The van der Waals surface area contributed by atoms with Gasteiger partial charge in [-0.05, 0) is 65.7 Å². The third-order valence-corrected chi connectivity index (χ3v) is 9.52. The number of likely N-dealkylation sites (tertiary alicyclic amines) is 1. The van der Waals surface area contributed by atoms with Gasteiger partial charge in [-0.2, -0.15) is 0 Å². The summed E-state index contributed by atoms with van der Waals surface area (Å²) in [5.41, 5.74) is 4.11. The summed E-state index contributed by atoms with van der Waals surface area (Å²) in [7, 11) is 1.70. The van der Waals surface area contributed by atoms with Crippen LogP contribution in [0.3, 0.4) is 0 Å². The van der Waals surface area contributed by atoms with Crippen LogP contribution in [0.25, 0.3) is 0 Å². The first kappa shape index (κ1) is 35.0. The van der Waals surface area contributed by atoms with E-state index in [4.69, 9.17) is 14.2 Å². The molecule has 1 N–H and O–H groups in total. The molecule has 0 radical (unpaired) electrons. The molecule has 1 unspecified atom stereocenters. The summed E-state index contributed by atoms with van der Waals surface area (Å²) in [6, 6.07) is 13.3. The SMILES string of the molecule is CCOC(=O)[C@@H]1[C@@H](C(C)(C)C)[C@H](NCc2cc(C(C)(C)C)ccc2OC)[C@H](c2ccccc2C(C)C)N1C(=O)C1CCCCO1. The molecule has 7 nitrogen and oxygen atoms in total. The van der Waals surface area contributed by atoms with Crippen molar-refractivity contribution in [2.24, 2.45) is 11.3 Å². The Hall–Kier alpha value is -2.90. The van der Waals surface area contributed by atoms with Gasteiger partial charge in [-0.15, -0.1) is 0 Å². The quantitative estimate of drug-likeness (QED) is 0.296. The monoisotopic (exact) mass is 620 g/mol. The van der Waals surface area contributed by atoms with Crippen molar-refractivity contribution >= 4 is 11.9 Å². The fraction of sp³-hybridized carbons (Fsp3) is 0.632. The number of esters is 1. The van der Waals surface area contributed by atoms with Gasteiger partial charge in [0.05, 0.1) is 19.8 Å². The van der Waals surface area contributed by atoms with E-state index in [2.05, 4.69) is 91.0 Å². The minimum atomic E-state index is -0.770. The van der Waals surface area contributed by atoms with Crippen LogP contribution in [0.5, 0.6) is 5.75 Å². The zero-order valence-corrected chi connectivity index (χ0v) is 29.2. The van der Waals surface area contributed by atoms with Gasteiger partial charge in [-0.25, -0.2) is 4.79 Å². The van der Waals surface area contributed by atoms with Gasteiger partial charge in [0.15, 0.2) is 0 Å². The smallest absolute Gasteiger partial charge is 0.329 e. The maximum absolute atomic E-state index is 14.7. The minimum Gasteiger partial charge on any atom is -0.496 e. The Morgan fingerprint density at radius 3 is 2.33 bits per heavy atom. The standard InChI is InChI=1S/C38H56N2O5/c1-11-44-36(42)34-31(38(7,8)9)32(39-23-25-22-26(37(4,5)6)19-20-29(25)43-10)33(28-17-13-12-16-27(28)24(2)3)40(34)35(41)30-18-14-15-21-45-30/h12-13,16-17,19-20,22,24,30-34,39H,11,14-15,18,21,23H2,1-10H3/t30?,31-,32-,33-,34-/m0/s1. The first-order valence-corrected chi connectivity index (χ1v) is 16.8. The van der Waals surface area contributed by atoms with Gasteiger partial charge in [0, 0.05) is 30.7 Å². The van der Waals surface area contributed by atoms with Gasteiger partial charge in [0.1, 0.15) is 17.9 Å². The van der Waals surface area contributed by atoms with Crippen molar-refractivity contribution in [2.45, 2.75) is 124 Å². The summed E-state index contributed by atoms with van der Waals surface area (Å²) in [4.78, 5) is 30.6. The van der Waals surface area contributed by atoms with Gasteiger partial charge >= 0.3 is 5.97 Å². The number of rotatable bonds is 9. The molecular weight excluding hydrogens is 564 g/mol. The number of methoxy groups -OCH3 is 1. The third-order valence-electron chi connectivity index (χ3n) is 9.52. The molecule has 2 heterocycles. The second-order valence-corrected chi connectivity index (χ2v) is 15.1. The number of ether oxygens (including phenoxy) is 3. The molecule has 0 aromatic heterocycles. The number of carbonyl (C=O) groups excluding carboxylic acids is 2. The van der Waals surface area contributed by atoms with Crippen LogP contribution in [0.2, 0.25) is 0 Å². The molecule has 2 fully saturated rings. The molecule has 2 aliphatic heterocycles. The number of benzene rings is 2. The van der Waals surface area contributed by atoms with Crippen molar-refractivity contribution in [3.63, 3.8) is 0 Å². The molecule has 4 rings (SSSR count). The normalized spacial score (nSPS) is 24.2. The number of nitrogens with zero attached hydrogens (tertiary/aromatic N) is 1. The summed E-state index contributed by atoms with van der Waals surface area (Å²) in [6.45, 7) is 20.6.